The Labute approximate surface area is 148 Å². The molecule has 1 aromatic rings. The highest BCUT2D eigenvalue weighted by Gasteiger charge is 2.24. The summed E-state index contributed by atoms with van der Waals surface area (Å²) < 4.78 is 5.28. The number of nitrogens with zero attached hydrogens (tertiary/aromatic N) is 1. The number of benzene rings is 1. The summed E-state index contributed by atoms with van der Waals surface area (Å²) in [5, 5.41) is 13.9. The van der Waals surface area contributed by atoms with Gasteiger partial charge < -0.3 is 20.1 Å². The van der Waals surface area contributed by atoms with Crippen LogP contribution in [0.4, 0.5) is 4.79 Å². The molecule has 6 heteroatoms. The fourth-order valence-corrected chi connectivity index (χ4v) is 2.89. The highest BCUT2D eigenvalue weighted by Crippen LogP contribution is 2.20. The number of likely N-dealkylation sites (tertiary alicyclic amines) is 1. The Morgan fingerprint density at radius 1 is 1.33 bits per heavy atom. The molecule has 0 bridgehead atoms. The Balaban J connectivity index is 1.74. The smallest absolute Gasteiger partial charge is 0.407 e. The summed E-state index contributed by atoms with van der Waals surface area (Å²) in [6, 6.07) is 7.41. The zero-order valence-electron chi connectivity index (χ0n) is 14.6. The number of hydrogen-bond donors (Lipinski definition) is 2. The van der Waals surface area contributed by atoms with E-state index in [2.05, 4.69) is 10.2 Å². The van der Waals surface area contributed by atoms with Gasteiger partial charge in [0.2, 0.25) is 0 Å². The lowest BCUT2D eigenvalue weighted by Gasteiger charge is -2.33. The Bertz CT molecular complexity index is 534. The van der Waals surface area contributed by atoms with Gasteiger partial charge >= 0.3 is 6.09 Å². The van der Waals surface area contributed by atoms with Gasteiger partial charge in [-0.2, -0.15) is 0 Å². The first-order valence-electron chi connectivity index (χ1n) is 8.38. The van der Waals surface area contributed by atoms with Crippen molar-refractivity contribution in [3.8, 4) is 0 Å². The second-order valence-corrected chi connectivity index (χ2v) is 7.72. The number of carbonyl (C=O) groups excluding carboxylic acids is 1. The third-order valence-corrected chi connectivity index (χ3v) is 4.25. The quantitative estimate of drug-likeness (QED) is 0.870. The molecule has 1 heterocycles. The second-order valence-electron chi connectivity index (χ2n) is 7.29. The van der Waals surface area contributed by atoms with E-state index in [4.69, 9.17) is 16.3 Å². The van der Waals surface area contributed by atoms with Gasteiger partial charge in [-0.15, -0.1) is 0 Å². The predicted molar refractivity (Wildman–Crippen MR) is 95.2 cm³/mol. The molecule has 0 saturated carbocycles. The van der Waals surface area contributed by atoms with E-state index in [1.807, 2.05) is 32.9 Å². The van der Waals surface area contributed by atoms with Gasteiger partial charge in [-0.25, -0.2) is 4.79 Å². The van der Waals surface area contributed by atoms with Crippen LogP contribution in [0.3, 0.4) is 0 Å². The molecule has 0 spiro atoms. The van der Waals surface area contributed by atoms with E-state index in [9.17, 15) is 9.90 Å². The van der Waals surface area contributed by atoms with Crippen molar-refractivity contribution in [1.82, 2.24) is 10.2 Å². The number of rotatable bonds is 4. The predicted octanol–water partition coefficient (Wildman–Crippen LogP) is 3.36. The van der Waals surface area contributed by atoms with Crippen LogP contribution < -0.4 is 5.32 Å². The molecule has 2 rings (SSSR count). The van der Waals surface area contributed by atoms with Gasteiger partial charge in [0.25, 0.3) is 0 Å². The summed E-state index contributed by atoms with van der Waals surface area (Å²) in [5.41, 5.74) is 0.390. The zero-order chi connectivity index (χ0) is 17.7. The van der Waals surface area contributed by atoms with Crippen LogP contribution in [0.2, 0.25) is 5.02 Å². The number of amides is 1. The first-order chi connectivity index (χ1) is 11.2. The van der Waals surface area contributed by atoms with E-state index in [1.54, 1.807) is 12.1 Å². The summed E-state index contributed by atoms with van der Waals surface area (Å²) in [5.74, 6) is 0. The molecule has 134 valence electrons. The minimum Gasteiger partial charge on any atom is -0.444 e. The first kappa shape index (κ1) is 19.0. The molecular formula is C18H27ClN2O3. The molecule has 0 aromatic heterocycles. The number of aliphatic hydroxyl groups excluding tert-OH is 1. The summed E-state index contributed by atoms with van der Waals surface area (Å²) >= 11 is 5.87. The SMILES string of the molecule is CC(C)(C)OC(=O)NC1CCN(CC(O)c2ccc(Cl)cc2)CC1. The van der Waals surface area contributed by atoms with E-state index < -0.39 is 11.7 Å². The van der Waals surface area contributed by atoms with Crippen molar-refractivity contribution in [2.24, 2.45) is 0 Å². The van der Waals surface area contributed by atoms with Gasteiger partial charge in [-0.1, -0.05) is 23.7 Å². The summed E-state index contributed by atoms with van der Waals surface area (Å²) in [6.45, 7) is 7.82. The Kier molecular flexibility index (Phi) is 6.49. The van der Waals surface area contributed by atoms with Gasteiger partial charge in [0.15, 0.2) is 0 Å². The lowest BCUT2D eigenvalue weighted by molar-refractivity contribution is 0.0459. The van der Waals surface area contributed by atoms with Gasteiger partial charge in [-0.05, 0) is 51.3 Å². The van der Waals surface area contributed by atoms with E-state index in [1.165, 1.54) is 0 Å². The number of nitrogens with one attached hydrogen (secondary N) is 1. The minimum atomic E-state index is -0.530. The number of alkyl carbamates (subject to hydrolysis) is 1. The third-order valence-electron chi connectivity index (χ3n) is 3.99. The Morgan fingerprint density at radius 3 is 2.46 bits per heavy atom. The molecule has 1 unspecified atom stereocenters. The normalized spacial score (nSPS) is 18.2. The number of ether oxygens (including phenoxy) is 1. The largest absolute Gasteiger partial charge is 0.444 e. The fourth-order valence-electron chi connectivity index (χ4n) is 2.77. The molecule has 0 aliphatic carbocycles. The second kappa shape index (κ2) is 8.19. The topological polar surface area (TPSA) is 61.8 Å². The molecule has 0 radical (unpaired) electrons. The van der Waals surface area contributed by atoms with Crippen molar-refractivity contribution in [1.29, 1.82) is 0 Å². The van der Waals surface area contributed by atoms with Crippen LogP contribution in [0, 0.1) is 0 Å². The molecule has 1 aliphatic heterocycles. The van der Waals surface area contributed by atoms with Crippen LogP contribution in [0.5, 0.6) is 0 Å². The number of carbonyl (C=O) groups is 1. The van der Waals surface area contributed by atoms with E-state index in [0.717, 1.165) is 31.5 Å². The van der Waals surface area contributed by atoms with E-state index in [-0.39, 0.29) is 12.1 Å². The maximum atomic E-state index is 11.8. The molecule has 1 aromatic carbocycles. The average molecular weight is 355 g/mol. The van der Waals surface area contributed by atoms with Crippen molar-refractivity contribution >= 4 is 17.7 Å². The molecule has 1 saturated heterocycles. The number of β-amino-alcohol motifs (C(OH)–C–C–N with tert-alkyl or cyclic N) is 1. The van der Waals surface area contributed by atoms with Crippen LogP contribution in [0.25, 0.3) is 0 Å². The lowest BCUT2D eigenvalue weighted by Crippen LogP contribution is -2.46. The van der Waals surface area contributed by atoms with Gasteiger partial charge in [-0.3, -0.25) is 0 Å². The highest BCUT2D eigenvalue weighted by molar-refractivity contribution is 6.30. The highest BCUT2D eigenvalue weighted by atomic mass is 35.5. The van der Waals surface area contributed by atoms with Crippen molar-refractivity contribution in [3.63, 3.8) is 0 Å². The minimum absolute atomic E-state index is 0.128. The molecule has 1 fully saturated rings. The number of piperidine rings is 1. The van der Waals surface area contributed by atoms with Crippen LogP contribution in [0.1, 0.15) is 45.3 Å². The van der Waals surface area contributed by atoms with Crippen molar-refractivity contribution in [2.45, 2.75) is 51.4 Å². The van der Waals surface area contributed by atoms with Gasteiger partial charge in [0.1, 0.15) is 5.60 Å². The van der Waals surface area contributed by atoms with E-state index >= 15 is 0 Å². The maximum Gasteiger partial charge on any atom is 0.407 e. The molecule has 1 atom stereocenters. The van der Waals surface area contributed by atoms with Crippen molar-refractivity contribution in [2.75, 3.05) is 19.6 Å². The summed E-state index contributed by atoms with van der Waals surface area (Å²) in [6.07, 6.45) is 0.818. The number of halogens is 1. The fraction of sp³-hybridized carbons (Fsp3) is 0.611. The van der Waals surface area contributed by atoms with Crippen molar-refractivity contribution in [3.05, 3.63) is 34.9 Å². The molecule has 1 amide bonds. The Morgan fingerprint density at radius 2 is 1.92 bits per heavy atom. The maximum absolute atomic E-state index is 11.8. The van der Waals surface area contributed by atoms with Crippen LogP contribution in [-0.4, -0.2) is 47.4 Å². The number of hydrogen-bond acceptors (Lipinski definition) is 4. The van der Waals surface area contributed by atoms with Gasteiger partial charge in [0.05, 0.1) is 6.10 Å². The Hall–Kier alpha value is -1.30. The van der Waals surface area contributed by atoms with Crippen LogP contribution in [-0.2, 0) is 4.74 Å². The van der Waals surface area contributed by atoms with Crippen LogP contribution in [0.15, 0.2) is 24.3 Å². The molecular weight excluding hydrogens is 328 g/mol. The molecule has 1 aliphatic rings. The molecule has 5 nitrogen and oxygen atoms in total. The summed E-state index contributed by atoms with van der Waals surface area (Å²) in [7, 11) is 0. The monoisotopic (exact) mass is 354 g/mol. The lowest BCUT2D eigenvalue weighted by atomic mass is 10.0. The average Bonchev–Trinajstić information content (AvgIpc) is 2.48. The summed E-state index contributed by atoms with van der Waals surface area (Å²) in [4.78, 5) is 14.0. The standard InChI is InChI=1S/C18H27ClN2O3/c1-18(2,3)24-17(23)20-15-8-10-21(11-9-15)12-16(22)13-4-6-14(19)7-5-13/h4-7,15-16,22H,8-12H2,1-3H3,(H,20,23). The molecule has 2 N–H and O–H groups in total. The van der Waals surface area contributed by atoms with E-state index in [0.29, 0.717) is 11.6 Å². The van der Waals surface area contributed by atoms with Crippen molar-refractivity contribution < 1.29 is 14.6 Å². The third kappa shape index (κ3) is 6.30. The molecule has 24 heavy (non-hydrogen) atoms. The number of aliphatic hydroxyl groups is 1. The van der Waals surface area contributed by atoms with Gasteiger partial charge in [0, 0.05) is 30.7 Å². The first-order valence-corrected chi connectivity index (χ1v) is 8.76. The van der Waals surface area contributed by atoms with Crippen LogP contribution >= 0.6 is 11.6 Å². The zero-order valence-corrected chi connectivity index (χ0v) is 15.3.